The van der Waals surface area contributed by atoms with Crippen LogP contribution in [0.25, 0.3) is 0 Å². The fourth-order valence-electron chi connectivity index (χ4n) is 2.22. The van der Waals surface area contributed by atoms with Crippen LogP contribution in [0.3, 0.4) is 0 Å². The molecule has 0 spiro atoms. The second-order valence-corrected chi connectivity index (χ2v) is 4.90. The number of nitro groups is 1. The van der Waals surface area contributed by atoms with E-state index in [9.17, 15) is 14.9 Å². The first kappa shape index (κ1) is 17.3. The van der Waals surface area contributed by atoms with E-state index in [0.717, 1.165) is 11.6 Å². The maximum absolute atomic E-state index is 12.4. The van der Waals surface area contributed by atoms with Crippen LogP contribution in [-0.4, -0.2) is 36.5 Å². The van der Waals surface area contributed by atoms with Crippen LogP contribution in [0.2, 0.25) is 0 Å². The fraction of sp³-hybridized carbons (Fsp3) is 0.312. The van der Waals surface area contributed by atoms with Crippen molar-refractivity contribution in [3.05, 3.63) is 51.8 Å². The Kier molecular flexibility index (Phi) is 5.41. The first-order chi connectivity index (χ1) is 11.5. The maximum atomic E-state index is 12.4. The molecule has 1 aromatic heterocycles. The van der Waals surface area contributed by atoms with Crippen molar-refractivity contribution >= 4 is 11.8 Å². The van der Waals surface area contributed by atoms with Crippen LogP contribution in [0.1, 0.15) is 23.0 Å². The van der Waals surface area contributed by atoms with E-state index in [4.69, 9.17) is 13.9 Å². The Morgan fingerprint density at radius 1 is 1.21 bits per heavy atom. The minimum Gasteiger partial charge on any atom is -0.493 e. The normalized spacial score (nSPS) is 10.3. The molecule has 0 atom stereocenters. The van der Waals surface area contributed by atoms with E-state index in [1.165, 1.54) is 18.1 Å². The van der Waals surface area contributed by atoms with Gasteiger partial charge in [-0.05, 0) is 30.7 Å². The first-order valence-electron chi connectivity index (χ1n) is 7.24. The fourth-order valence-corrected chi connectivity index (χ4v) is 2.22. The van der Waals surface area contributed by atoms with Crippen LogP contribution in [-0.2, 0) is 6.54 Å². The third-order valence-corrected chi connectivity index (χ3v) is 3.47. The molecule has 0 radical (unpaired) electrons. The molecule has 0 bridgehead atoms. The van der Waals surface area contributed by atoms with Crippen LogP contribution >= 0.6 is 0 Å². The molecule has 0 aliphatic rings. The van der Waals surface area contributed by atoms with Crippen molar-refractivity contribution in [1.29, 1.82) is 0 Å². The van der Waals surface area contributed by atoms with Crippen LogP contribution in [0.4, 0.5) is 5.88 Å². The highest BCUT2D eigenvalue weighted by Crippen LogP contribution is 2.28. The van der Waals surface area contributed by atoms with Gasteiger partial charge in [-0.1, -0.05) is 6.07 Å². The average Bonchev–Trinajstić information content (AvgIpc) is 3.09. The minimum atomic E-state index is -0.679. The highest BCUT2D eigenvalue weighted by Gasteiger charge is 2.22. The topological polar surface area (TPSA) is 95.0 Å². The van der Waals surface area contributed by atoms with Gasteiger partial charge in [0.25, 0.3) is 5.91 Å². The molecule has 128 valence electrons. The Morgan fingerprint density at radius 3 is 2.46 bits per heavy atom. The highest BCUT2D eigenvalue weighted by atomic mass is 16.6. The minimum absolute atomic E-state index is 0.0657. The number of nitrogens with zero attached hydrogens (tertiary/aromatic N) is 2. The molecule has 0 unspecified atom stereocenters. The van der Waals surface area contributed by atoms with Crippen molar-refractivity contribution < 1.29 is 23.6 Å². The van der Waals surface area contributed by atoms with Gasteiger partial charge in [0.2, 0.25) is 0 Å². The smallest absolute Gasteiger partial charge is 0.433 e. The summed E-state index contributed by atoms with van der Waals surface area (Å²) < 4.78 is 15.4. The summed E-state index contributed by atoms with van der Waals surface area (Å²) in [6.45, 7) is 2.54. The Hall–Kier alpha value is -3.03. The second kappa shape index (κ2) is 7.49. The molecule has 2 rings (SSSR count). The summed E-state index contributed by atoms with van der Waals surface area (Å²) in [5.41, 5.74) is 0.837. The van der Waals surface area contributed by atoms with Gasteiger partial charge in [0.05, 0.1) is 20.3 Å². The van der Waals surface area contributed by atoms with Gasteiger partial charge < -0.3 is 18.8 Å². The third-order valence-electron chi connectivity index (χ3n) is 3.47. The predicted octanol–water partition coefficient (Wildman–Crippen LogP) is 2.87. The number of hydrogen-bond donors (Lipinski definition) is 0. The molecule has 2 aromatic rings. The predicted molar refractivity (Wildman–Crippen MR) is 85.3 cm³/mol. The van der Waals surface area contributed by atoms with E-state index < -0.39 is 16.7 Å². The van der Waals surface area contributed by atoms with Crippen molar-refractivity contribution in [3.8, 4) is 11.5 Å². The Labute approximate surface area is 138 Å². The summed E-state index contributed by atoms with van der Waals surface area (Å²) in [4.78, 5) is 23.9. The van der Waals surface area contributed by atoms with Crippen LogP contribution in [0, 0.1) is 10.1 Å². The zero-order chi connectivity index (χ0) is 17.7. The van der Waals surface area contributed by atoms with Crippen LogP contribution < -0.4 is 9.47 Å². The van der Waals surface area contributed by atoms with E-state index in [1.54, 1.807) is 19.2 Å². The van der Waals surface area contributed by atoms with E-state index in [0.29, 0.717) is 24.6 Å². The third kappa shape index (κ3) is 3.65. The largest absolute Gasteiger partial charge is 0.493 e. The Morgan fingerprint density at radius 2 is 1.92 bits per heavy atom. The van der Waals surface area contributed by atoms with E-state index in [1.807, 2.05) is 13.0 Å². The van der Waals surface area contributed by atoms with Gasteiger partial charge in [0.15, 0.2) is 17.3 Å². The number of benzene rings is 1. The van der Waals surface area contributed by atoms with Crippen molar-refractivity contribution in [2.24, 2.45) is 0 Å². The quantitative estimate of drug-likeness (QED) is 0.571. The van der Waals surface area contributed by atoms with Gasteiger partial charge in [-0.2, -0.15) is 0 Å². The molecule has 0 aliphatic carbocycles. The lowest BCUT2D eigenvalue weighted by molar-refractivity contribution is -0.402. The number of carbonyl (C=O) groups excluding carboxylic acids is 1. The maximum Gasteiger partial charge on any atom is 0.433 e. The molecule has 0 N–H and O–H groups in total. The van der Waals surface area contributed by atoms with Gasteiger partial charge in [-0.15, -0.1) is 0 Å². The standard InChI is InChI=1S/C16H18N2O6/c1-4-17(16(19)13-7-8-15(24-13)18(20)21)10-11-5-6-12(22-2)14(9-11)23-3/h5-9H,4,10H2,1-3H3. The van der Waals surface area contributed by atoms with Gasteiger partial charge in [-0.25, -0.2) is 0 Å². The van der Waals surface area contributed by atoms with E-state index in [-0.39, 0.29) is 5.76 Å². The molecular formula is C16H18N2O6. The molecule has 0 saturated heterocycles. The van der Waals surface area contributed by atoms with Crippen molar-refractivity contribution in [2.45, 2.75) is 13.5 Å². The molecule has 1 heterocycles. The van der Waals surface area contributed by atoms with E-state index in [2.05, 4.69) is 0 Å². The second-order valence-electron chi connectivity index (χ2n) is 4.90. The lowest BCUT2D eigenvalue weighted by Crippen LogP contribution is -2.30. The molecule has 24 heavy (non-hydrogen) atoms. The summed E-state index contributed by atoms with van der Waals surface area (Å²) >= 11 is 0. The van der Waals surface area contributed by atoms with Gasteiger partial charge in [-0.3, -0.25) is 14.9 Å². The molecule has 0 saturated carbocycles. The average molecular weight is 334 g/mol. The summed E-state index contributed by atoms with van der Waals surface area (Å²) in [6.07, 6.45) is 0. The molecule has 1 amide bonds. The molecule has 8 nitrogen and oxygen atoms in total. The molecule has 8 heteroatoms. The lowest BCUT2D eigenvalue weighted by Gasteiger charge is -2.20. The monoisotopic (exact) mass is 334 g/mol. The summed E-state index contributed by atoms with van der Waals surface area (Å²) in [5.74, 6) is 0.217. The number of rotatable bonds is 7. The molecule has 1 aromatic carbocycles. The number of ether oxygens (including phenoxy) is 2. The summed E-state index contributed by atoms with van der Waals surface area (Å²) in [7, 11) is 3.08. The number of furan rings is 1. The Bertz CT molecular complexity index is 740. The number of carbonyl (C=O) groups is 1. The first-order valence-corrected chi connectivity index (χ1v) is 7.24. The van der Waals surface area contributed by atoms with Crippen molar-refractivity contribution in [3.63, 3.8) is 0 Å². The highest BCUT2D eigenvalue weighted by molar-refractivity contribution is 5.91. The summed E-state index contributed by atoms with van der Waals surface area (Å²) in [6, 6.07) is 7.82. The summed E-state index contributed by atoms with van der Waals surface area (Å²) in [5, 5.41) is 10.7. The molecule has 0 aliphatic heterocycles. The SMILES string of the molecule is CCN(Cc1ccc(OC)c(OC)c1)C(=O)c1ccc([N+](=O)[O-])o1. The zero-order valence-electron chi connectivity index (χ0n) is 13.6. The van der Waals surface area contributed by atoms with Crippen LogP contribution in [0.15, 0.2) is 34.7 Å². The molecule has 0 fully saturated rings. The van der Waals surface area contributed by atoms with Crippen LogP contribution in [0.5, 0.6) is 11.5 Å². The van der Waals surface area contributed by atoms with Crippen molar-refractivity contribution in [1.82, 2.24) is 4.90 Å². The number of amides is 1. The number of methoxy groups -OCH3 is 2. The zero-order valence-corrected chi connectivity index (χ0v) is 13.6. The van der Waals surface area contributed by atoms with E-state index >= 15 is 0 Å². The van der Waals surface area contributed by atoms with Gasteiger partial charge >= 0.3 is 5.88 Å². The Balaban J connectivity index is 2.19. The van der Waals surface area contributed by atoms with Crippen molar-refractivity contribution in [2.75, 3.05) is 20.8 Å². The lowest BCUT2D eigenvalue weighted by atomic mass is 10.2. The molecular weight excluding hydrogens is 316 g/mol. The number of hydrogen-bond acceptors (Lipinski definition) is 6. The van der Waals surface area contributed by atoms with Gasteiger partial charge in [0, 0.05) is 13.1 Å². The van der Waals surface area contributed by atoms with Gasteiger partial charge in [0.1, 0.15) is 4.92 Å².